The molecular weight excluding hydrogens is 379 g/mol. The van der Waals surface area contributed by atoms with Gasteiger partial charge in [-0.2, -0.15) is 0 Å². The van der Waals surface area contributed by atoms with Crippen molar-refractivity contribution in [2.45, 2.75) is 0 Å². The van der Waals surface area contributed by atoms with Gasteiger partial charge in [0.25, 0.3) is 0 Å². The maximum atomic E-state index is 6.07. The fraction of sp³-hybridized carbons (Fsp3) is 0. The minimum Gasteiger partial charge on any atom is -0.221 e. The molecule has 0 unspecified atom stereocenters. The number of aromatic nitrogens is 2. The van der Waals surface area contributed by atoms with E-state index < -0.39 is 0 Å². The lowest BCUT2D eigenvalue weighted by Crippen LogP contribution is -1.91. The molecule has 2 rings (SSSR count). The predicted octanol–water partition coefficient (Wildman–Crippen LogP) is 4.98. The summed E-state index contributed by atoms with van der Waals surface area (Å²) >= 11 is 18.5. The molecule has 0 saturated carbocycles. The Labute approximate surface area is 119 Å². The van der Waals surface area contributed by atoms with Crippen LogP contribution in [0.2, 0.25) is 10.0 Å². The summed E-state index contributed by atoms with van der Waals surface area (Å²) in [6.45, 7) is 0. The molecule has 0 fully saturated rings. The van der Waals surface area contributed by atoms with Crippen LogP contribution in [-0.4, -0.2) is 9.97 Å². The van der Waals surface area contributed by atoms with Gasteiger partial charge in [-0.3, -0.25) is 0 Å². The molecule has 0 saturated heterocycles. The van der Waals surface area contributed by atoms with Crippen LogP contribution in [0.3, 0.4) is 0 Å². The van der Waals surface area contributed by atoms with E-state index >= 15 is 0 Å². The van der Waals surface area contributed by atoms with Crippen LogP contribution in [0, 0.1) is 0 Å². The molecule has 82 valence electrons. The largest absolute Gasteiger partial charge is 0.221 e. The van der Waals surface area contributed by atoms with E-state index in [-0.39, 0.29) is 0 Å². The summed E-state index contributed by atoms with van der Waals surface area (Å²) in [6.07, 6.45) is 0. The molecule has 0 N–H and O–H groups in total. The minimum absolute atomic E-state index is 0.525. The van der Waals surface area contributed by atoms with E-state index in [9.17, 15) is 0 Å². The average molecular weight is 383 g/mol. The molecule has 1 heterocycles. The minimum atomic E-state index is 0.525. The summed E-state index contributed by atoms with van der Waals surface area (Å²) < 4.78 is 1.38. The van der Waals surface area contributed by atoms with Crippen molar-refractivity contribution in [2.75, 3.05) is 0 Å². The Morgan fingerprint density at radius 2 is 1.56 bits per heavy atom. The number of rotatable bonds is 1. The highest BCUT2D eigenvalue weighted by atomic mass is 79.9. The summed E-state index contributed by atoms with van der Waals surface area (Å²) in [5.41, 5.74) is 0.744. The zero-order chi connectivity index (χ0) is 11.7. The second kappa shape index (κ2) is 5.00. The van der Waals surface area contributed by atoms with Crippen LogP contribution < -0.4 is 0 Å². The van der Waals surface area contributed by atoms with Crippen LogP contribution in [-0.2, 0) is 0 Å². The van der Waals surface area contributed by atoms with E-state index in [0.29, 0.717) is 25.1 Å². The standard InChI is InChI=1S/C10H4Br2Cl2N2/c11-8-4-9(12)16-10(15-8)6-2-1-5(13)3-7(6)14/h1-4H. The Morgan fingerprint density at radius 3 is 2.12 bits per heavy atom. The number of hydrogen-bond acceptors (Lipinski definition) is 2. The monoisotopic (exact) mass is 380 g/mol. The smallest absolute Gasteiger partial charge is 0.163 e. The second-order valence-electron chi connectivity index (χ2n) is 2.96. The Kier molecular flexibility index (Phi) is 3.85. The molecule has 0 atom stereocenters. The quantitative estimate of drug-likeness (QED) is 0.650. The number of benzene rings is 1. The molecule has 2 nitrogen and oxygen atoms in total. The van der Waals surface area contributed by atoms with Gasteiger partial charge >= 0.3 is 0 Å². The highest BCUT2D eigenvalue weighted by Gasteiger charge is 2.08. The second-order valence-corrected chi connectivity index (χ2v) is 5.43. The van der Waals surface area contributed by atoms with Crippen molar-refractivity contribution in [3.8, 4) is 11.4 Å². The zero-order valence-electron chi connectivity index (χ0n) is 7.72. The summed E-state index contributed by atoms with van der Waals surface area (Å²) in [7, 11) is 0. The number of hydrogen-bond donors (Lipinski definition) is 0. The summed E-state index contributed by atoms with van der Waals surface area (Å²) in [5.74, 6) is 0.544. The first-order chi connectivity index (χ1) is 7.56. The Hall–Kier alpha value is -0.160. The Morgan fingerprint density at radius 1 is 0.938 bits per heavy atom. The summed E-state index contributed by atoms with van der Waals surface area (Å²) in [5, 5.41) is 1.11. The van der Waals surface area contributed by atoms with E-state index in [4.69, 9.17) is 23.2 Å². The molecule has 0 aliphatic rings. The first-order valence-electron chi connectivity index (χ1n) is 4.22. The molecular formula is C10H4Br2Cl2N2. The third kappa shape index (κ3) is 2.74. The third-order valence-corrected chi connectivity index (χ3v) is 3.20. The normalized spacial score (nSPS) is 10.5. The average Bonchev–Trinajstić information content (AvgIpc) is 2.15. The molecule has 0 aliphatic heterocycles. The van der Waals surface area contributed by atoms with Gasteiger partial charge in [0, 0.05) is 16.7 Å². The predicted molar refractivity (Wildman–Crippen MR) is 72.9 cm³/mol. The molecule has 0 bridgehead atoms. The highest BCUT2D eigenvalue weighted by molar-refractivity contribution is 9.11. The fourth-order valence-corrected chi connectivity index (χ4v) is 2.75. The molecule has 0 amide bonds. The molecule has 0 radical (unpaired) electrons. The van der Waals surface area contributed by atoms with Crippen molar-refractivity contribution in [1.82, 2.24) is 9.97 Å². The molecule has 0 aliphatic carbocycles. The lowest BCUT2D eigenvalue weighted by atomic mass is 10.2. The Bertz CT molecular complexity index is 526. The maximum absolute atomic E-state index is 6.07. The van der Waals surface area contributed by atoms with E-state index in [1.54, 1.807) is 24.3 Å². The van der Waals surface area contributed by atoms with E-state index in [1.807, 2.05) is 0 Å². The van der Waals surface area contributed by atoms with Gasteiger partial charge in [0.2, 0.25) is 0 Å². The van der Waals surface area contributed by atoms with E-state index in [2.05, 4.69) is 41.8 Å². The van der Waals surface area contributed by atoms with E-state index in [1.165, 1.54) is 0 Å². The van der Waals surface area contributed by atoms with Gasteiger partial charge in [-0.05, 0) is 50.1 Å². The molecule has 2 aromatic rings. The van der Waals surface area contributed by atoms with Crippen molar-refractivity contribution in [2.24, 2.45) is 0 Å². The van der Waals surface area contributed by atoms with Crippen LogP contribution in [0.25, 0.3) is 11.4 Å². The highest BCUT2D eigenvalue weighted by Crippen LogP contribution is 2.29. The van der Waals surface area contributed by atoms with Crippen molar-refractivity contribution in [3.63, 3.8) is 0 Å². The Balaban J connectivity index is 2.58. The van der Waals surface area contributed by atoms with E-state index in [0.717, 1.165) is 5.56 Å². The van der Waals surface area contributed by atoms with Crippen molar-refractivity contribution in [3.05, 3.63) is 43.5 Å². The third-order valence-electron chi connectivity index (χ3n) is 1.84. The van der Waals surface area contributed by atoms with Crippen LogP contribution >= 0.6 is 55.1 Å². The lowest BCUT2D eigenvalue weighted by Gasteiger charge is -2.04. The van der Waals surface area contributed by atoms with Gasteiger partial charge in [0.1, 0.15) is 9.21 Å². The number of halogens is 4. The van der Waals surface area contributed by atoms with Crippen LogP contribution in [0.1, 0.15) is 0 Å². The molecule has 0 spiro atoms. The molecule has 1 aromatic heterocycles. The first-order valence-corrected chi connectivity index (χ1v) is 6.56. The van der Waals surface area contributed by atoms with Gasteiger partial charge in [0.15, 0.2) is 5.82 Å². The van der Waals surface area contributed by atoms with Gasteiger partial charge in [-0.25, -0.2) is 9.97 Å². The van der Waals surface area contributed by atoms with Crippen LogP contribution in [0.15, 0.2) is 33.5 Å². The molecule has 1 aromatic carbocycles. The maximum Gasteiger partial charge on any atom is 0.163 e. The van der Waals surface area contributed by atoms with Crippen LogP contribution in [0.4, 0.5) is 0 Å². The SMILES string of the molecule is Clc1ccc(-c2nc(Br)cc(Br)n2)c(Cl)c1. The summed E-state index contributed by atoms with van der Waals surface area (Å²) in [6, 6.07) is 6.96. The van der Waals surface area contributed by atoms with Crippen molar-refractivity contribution < 1.29 is 0 Å². The lowest BCUT2D eigenvalue weighted by molar-refractivity contribution is 1.12. The fourth-order valence-electron chi connectivity index (χ4n) is 1.18. The van der Waals surface area contributed by atoms with Gasteiger partial charge in [-0.1, -0.05) is 23.2 Å². The van der Waals surface area contributed by atoms with Crippen molar-refractivity contribution in [1.29, 1.82) is 0 Å². The zero-order valence-corrected chi connectivity index (χ0v) is 12.4. The molecule has 16 heavy (non-hydrogen) atoms. The first kappa shape index (κ1) is 12.3. The number of nitrogens with zero attached hydrogens (tertiary/aromatic N) is 2. The topological polar surface area (TPSA) is 25.8 Å². The summed E-state index contributed by atoms with van der Waals surface area (Å²) in [4.78, 5) is 8.49. The molecule has 6 heteroatoms. The van der Waals surface area contributed by atoms with Gasteiger partial charge < -0.3 is 0 Å². The van der Waals surface area contributed by atoms with Gasteiger partial charge in [-0.15, -0.1) is 0 Å². The van der Waals surface area contributed by atoms with Gasteiger partial charge in [0.05, 0.1) is 5.02 Å². The van der Waals surface area contributed by atoms with Crippen molar-refractivity contribution >= 4 is 55.1 Å². The van der Waals surface area contributed by atoms with Crippen LogP contribution in [0.5, 0.6) is 0 Å².